The van der Waals surface area contributed by atoms with Crippen molar-refractivity contribution in [3.8, 4) is 0 Å². The van der Waals surface area contributed by atoms with Gasteiger partial charge in [0.25, 0.3) is 0 Å². The van der Waals surface area contributed by atoms with E-state index in [1.54, 1.807) is 60.8 Å². The Morgan fingerprint density at radius 3 is 0.293 bits per heavy atom. The molecule has 0 aliphatic rings. The molecular weight excluding hydrogens is 1310 g/mol. The van der Waals surface area contributed by atoms with Gasteiger partial charge >= 0.3 is 0 Å². The van der Waals surface area contributed by atoms with Crippen LogP contribution >= 0.6 is 0 Å². The average Bonchev–Trinajstić information content (AvgIpc) is 3.79. The van der Waals surface area contributed by atoms with Gasteiger partial charge in [0, 0.05) is 40.8 Å². The zero-order valence-electron chi connectivity index (χ0n) is 50.6. The number of carbonyl (C=O) groups is 5. The van der Waals surface area contributed by atoms with Gasteiger partial charge in [-0.3, -0.25) is 24.0 Å². The second kappa shape index (κ2) is 46.4. The third-order valence-corrected chi connectivity index (χ3v) is 12.4. The molecule has 460 valence electrons. The van der Waals surface area contributed by atoms with E-state index in [9.17, 15) is 24.0 Å². The molecule has 5 nitrogen and oxygen atoms in total. The SMILES string of the molecule is O=C(C=Cc1ccccc1)C=Cc1ccccc1.O=C(C=Cc1ccccc1)C=Cc1ccccc1.O=C(C=Cc1ccccc1)C=Cc1ccccc1.O=C(C=Cc1ccccc1)C=Cc1ccccc1.O=C(C=Cc1ccccc1)C=Cc1ccccc1.[Pd].[Pd]. The van der Waals surface area contributed by atoms with Crippen LogP contribution in [-0.4, -0.2) is 28.9 Å². The molecule has 10 aromatic carbocycles. The molecule has 0 unspecified atom stereocenters. The van der Waals surface area contributed by atoms with Gasteiger partial charge in [-0.1, -0.05) is 364 Å². The van der Waals surface area contributed by atoms with Crippen LogP contribution in [0.1, 0.15) is 55.6 Å². The standard InChI is InChI=1S/5C17H14O.2Pd/c5*18-17(13-11-15-7-3-1-4-8-15)14-12-16-9-5-2-6-10-16;;/h5*1-14H;;. The molecule has 92 heavy (non-hydrogen) atoms. The van der Waals surface area contributed by atoms with Crippen LogP contribution in [0.3, 0.4) is 0 Å². The molecule has 0 aromatic heterocycles. The van der Waals surface area contributed by atoms with Crippen molar-refractivity contribution in [3.05, 3.63) is 420 Å². The first-order valence-corrected chi connectivity index (χ1v) is 29.2. The van der Waals surface area contributed by atoms with E-state index in [0.717, 1.165) is 55.6 Å². The number of rotatable bonds is 20. The Labute approximate surface area is 570 Å². The summed E-state index contributed by atoms with van der Waals surface area (Å²) in [5, 5.41) is 0. The van der Waals surface area contributed by atoms with Crippen molar-refractivity contribution in [1.82, 2.24) is 0 Å². The Bertz CT molecular complexity index is 3130. The van der Waals surface area contributed by atoms with Crippen LogP contribution in [0.25, 0.3) is 60.8 Å². The van der Waals surface area contributed by atoms with Gasteiger partial charge in [0.15, 0.2) is 28.9 Å². The minimum atomic E-state index is -0.0114. The topological polar surface area (TPSA) is 85.3 Å². The van der Waals surface area contributed by atoms with Gasteiger partial charge in [-0.25, -0.2) is 0 Å². The van der Waals surface area contributed by atoms with E-state index in [4.69, 9.17) is 0 Å². The summed E-state index contributed by atoms with van der Waals surface area (Å²) in [4.78, 5) is 58.1. The van der Waals surface area contributed by atoms with Gasteiger partial charge in [-0.05, 0) is 116 Å². The van der Waals surface area contributed by atoms with E-state index in [-0.39, 0.29) is 69.8 Å². The molecule has 7 heteroatoms. The number of benzene rings is 10. The maximum atomic E-state index is 11.6. The Hall–Kier alpha value is -10.7. The van der Waals surface area contributed by atoms with E-state index in [1.165, 1.54) is 0 Å². The molecule has 0 fully saturated rings. The number of carbonyl (C=O) groups excluding carboxylic acids is 5. The summed E-state index contributed by atoms with van der Waals surface area (Å²) in [5.74, 6) is -0.0569. The first-order valence-electron chi connectivity index (χ1n) is 29.2. The van der Waals surface area contributed by atoms with E-state index >= 15 is 0 Å². The molecule has 0 bridgehead atoms. The summed E-state index contributed by atoms with van der Waals surface area (Å²) in [6, 6.07) is 97.8. The molecule has 0 saturated heterocycles. The van der Waals surface area contributed by atoms with Crippen LogP contribution in [0, 0.1) is 0 Å². The predicted octanol–water partition coefficient (Wildman–Crippen LogP) is 19.9. The molecule has 0 aliphatic carbocycles. The molecule has 0 saturated carbocycles. The minimum absolute atomic E-state index is 0. The summed E-state index contributed by atoms with van der Waals surface area (Å²) >= 11 is 0. The largest absolute Gasteiger partial charge is 0.290 e. The fourth-order valence-corrected chi connectivity index (χ4v) is 7.70. The molecular formula is C85H70O5Pd2. The summed E-state index contributed by atoms with van der Waals surface area (Å²) in [7, 11) is 0. The zero-order valence-corrected chi connectivity index (χ0v) is 53.7. The van der Waals surface area contributed by atoms with E-state index in [2.05, 4.69) is 0 Å². The summed E-state index contributed by atoms with van der Waals surface area (Å²) in [6.45, 7) is 0. The average molecular weight is 1380 g/mol. The maximum Gasteiger partial charge on any atom is 0.178 e. The zero-order chi connectivity index (χ0) is 63.2. The van der Waals surface area contributed by atoms with Gasteiger partial charge in [-0.2, -0.15) is 0 Å². The number of allylic oxidation sites excluding steroid dienone is 10. The molecule has 0 N–H and O–H groups in total. The molecule has 0 radical (unpaired) electrons. The molecule has 10 aromatic rings. The number of ketones is 5. The van der Waals surface area contributed by atoms with E-state index in [0.29, 0.717) is 0 Å². The Morgan fingerprint density at radius 1 is 0.141 bits per heavy atom. The maximum absolute atomic E-state index is 11.6. The Kier molecular flexibility index (Phi) is 37.2. The van der Waals surface area contributed by atoms with Crippen molar-refractivity contribution in [3.63, 3.8) is 0 Å². The smallest absolute Gasteiger partial charge is 0.178 e. The van der Waals surface area contributed by atoms with Gasteiger partial charge < -0.3 is 0 Å². The summed E-state index contributed by atoms with van der Waals surface area (Å²) in [5.41, 5.74) is 10.3. The van der Waals surface area contributed by atoms with Crippen LogP contribution in [0.15, 0.2) is 364 Å². The van der Waals surface area contributed by atoms with E-state index in [1.807, 2.05) is 364 Å². The second-order valence-corrected chi connectivity index (χ2v) is 19.5. The monoisotopic (exact) mass is 1380 g/mol. The van der Waals surface area contributed by atoms with Crippen molar-refractivity contribution < 1.29 is 64.8 Å². The van der Waals surface area contributed by atoms with Crippen molar-refractivity contribution in [2.45, 2.75) is 0 Å². The number of hydrogen-bond donors (Lipinski definition) is 0. The Balaban J connectivity index is 0.000000244. The quantitative estimate of drug-likeness (QED) is 0.0561. The minimum Gasteiger partial charge on any atom is -0.290 e. The van der Waals surface area contributed by atoms with Gasteiger partial charge in [-0.15, -0.1) is 0 Å². The molecule has 0 heterocycles. The first kappa shape index (κ1) is 73.7. The van der Waals surface area contributed by atoms with Crippen LogP contribution < -0.4 is 0 Å². The molecule has 0 atom stereocenters. The van der Waals surface area contributed by atoms with Crippen LogP contribution in [0.5, 0.6) is 0 Å². The summed E-state index contributed by atoms with van der Waals surface area (Å²) < 4.78 is 0. The molecule has 0 amide bonds. The van der Waals surface area contributed by atoms with Crippen LogP contribution in [-0.2, 0) is 64.8 Å². The second-order valence-electron chi connectivity index (χ2n) is 19.5. The fraction of sp³-hybridized carbons (Fsp3) is 0. The normalized spacial score (nSPS) is 10.9. The van der Waals surface area contributed by atoms with Gasteiger partial charge in [0.2, 0.25) is 0 Å². The molecule has 0 spiro atoms. The first-order chi connectivity index (χ1) is 44.2. The van der Waals surface area contributed by atoms with Crippen molar-refractivity contribution >= 4 is 89.7 Å². The van der Waals surface area contributed by atoms with Gasteiger partial charge in [0.1, 0.15) is 0 Å². The number of hydrogen-bond acceptors (Lipinski definition) is 5. The van der Waals surface area contributed by atoms with E-state index < -0.39 is 0 Å². The van der Waals surface area contributed by atoms with Crippen molar-refractivity contribution in [2.75, 3.05) is 0 Å². The van der Waals surface area contributed by atoms with Gasteiger partial charge in [0.05, 0.1) is 0 Å². The molecule has 0 aliphatic heterocycles. The third-order valence-electron chi connectivity index (χ3n) is 12.4. The van der Waals surface area contributed by atoms with Crippen LogP contribution in [0.2, 0.25) is 0 Å². The molecule has 10 rings (SSSR count). The Morgan fingerprint density at radius 2 is 0.217 bits per heavy atom. The predicted molar refractivity (Wildman–Crippen MR) is 380 cm³/mol. The fourth-order valence-electron chi connectivity index (χ4n) is 7.70. The van der Waals surface area contributed by atoms with Crippen LogP contribution in [0.4, 0.5) is 0 Å². The van der Waals surface area contributed by atoms with Crippen molar-refractivity contribution in [1.29, 1.82) is 0 Å². The van der Waals surface area contributed by atoms with Crippen molar-refractivity contribution in [2.24, 2.45) is 0 Å². The summed E-state index contributed by atoms with van der Waals surface area (Å²) in [6.07, 6.45) is 34.0. The third kappa shape index (κ3) is 34.1.